The van der Waals surface area contributed by atoms with E-state index in [1.165, 1.54) is 31.4 Å². The number of esters is 1. The minimum absolute atomic E-state index is 0.133. The molecule has 1 unspecified atom stereocenters. The lowest BCUT2D eigenvalue weighted by molar-refractivity contribution is -0.145. The molecule has 0 fully saturated rings. The minimum atomic E-state index is -0.495. The molecule has 0 saturated heterocycles. The largest absolute Gasteiger partial charge is 0.469 e. The van der Waals surface area contributed by atoms with Crippen LogP contribution in [0.4, 0.5) is 14.9 Å². The summed E-state index contributed by atoms with van der Waals surface area (Å²) < 4.78 is 17.7. The van der Waals surface area contributed by atoms with E-state index < -0.39 is 11.9 Å². The fourth-order valence-electron chi connectivity index (χ4n) is 2.45. The van der Waals surface area contributed by atoms with Gasteiger partial charge in [0.1, 0.15) is 5.82 Å². The molecule has 2 aromatic rings. The Morgan fingerprint density at radius 2 is 1.88 bits per heavy atom. The van der Waals surface area contributed by atoms with Crippen molar-refractivity contribution in [2.24, 2.45) is 5.92 Å². The Hall–Kier alpha value is -2.89. The first-order valence-corrected chi connectivity index (χ1v) is 7.91. The van der Waals surface area contributed by atoms with Crippen LogP contribution in [0.2, 0.25) is 0 Å². The molecule has 0 heterocycles. The Morgan fingerprint density at radius 3 is 2.52 bits per heavy atom. The molecule has 1 atom stereocenters. The summed E-state index contributed by atoms with van der Waals surface area (Å²) in [4.78, 5) is 23.9. The number of benzene rings is 2. The zero-order chi connectivity index (χ0) is 18.2. The number of methoxy groups -OCH3 is 1. The van der Waals surface area contributed by atoms with Gasteiger partial charge in [-0.15, -0.1) is 0 Å². The lowest BCUT2D eigenvalue weighted by Crippen LogP contribution is -2.37. The molecule has 0 radical (unpaired) electrons. The maximum Gasteiger partial charge on any atom is 0.319 e. The van der Waals surface area contributed by atoms with Crippen molar-refractivity contribution in [1.82, 2.24) is 5.32 Å². The van der Waals surface area contributed by atoms with Crippen LogP contribution in [0.1, 0.15) is 11.1 Å². The molecule has 2 N–H and O–H groups in total. The molecule has 2 aromatic carbocycles. The highest BCUT2D eigenvalue weighted by Gasteiger charge is 2.20. The summed E-state index contributed by atoms with van der Waals surface area (Å²) in [6.45, 7) is 2.11. The van der Waals surface area contributed by atoms with E-state index in [2.05, 4.69) is 10.6 Å². The number of urea groups is 1. The van der Waals surface area contributed by atoms with Crippen molar-refractivity contribution < 1.29 is 18.7 Å². The number of hydrogen-bond donors (Lipinski definition) is 2. The van der Waals surface area contributed by atoms with Gasteiger partial charge in [0.25, 0.3) is 0 Å². The Balaban J connectivity index is 1.93. The molecular weight excluding hydrogens is 323 g/mol. The SMILES string of the molecule is COC(=O)C(CNC(=O)Nc1ccc(F)cc1)Cc1cccc(C)c1. The average Bonchev–Trinajstić information content (AvgIpc) is 2.60. The summed E-state index contributed by atoms with van der Waals surface area (Å²) in [6, 6.07) is 12.8. The van der Waals surface area contributed by atoms with Crippen molar-refractivity contribution in [1.29, 1.82) is 0 Å². The second-order valence-electron chi connectivity index (χ2n) is 5.76. The third kappa shape index (κ3) is 5.91. The van der Waals surface area contributed by atoms with E-state index in [0.29, 0.717) is 12.1 Å². The van der Waals surface area contributed by atoms with Gasteiger partial charge in [0, 0.05) is 12.2 Å². The van der Waals surface area contributed by atoms with Crippen LogP contribution in [0.15, 0.2) is 48.5 Å². The molecule has 0 aliphatic carbocycles. The van der Waals surface area contributed by atoms with E-state index in [1.54, 1.807) is 0 Å². The second-order valence-corrected chi connectivity index (χ2v) is 5.76. The monoisotopic (exact) mass is 344 g/mol. The van der Waals surface area contributed by atoms with Gasteiger partial charge in [-0.3, -0.25) is 4.79 Å². The zero-order valence-corrected chi connectivity index (χ0v) is 14.2. The fraction of sp³-hybridized carbons (Fsp3) is 0.263. The van der Waals surface area contributed by atoms with Crippen LogP contribution in [0.5, 0.6) is 0 Å². The number of hydrogen-bond acceptors (Lipinski definition) is 3. The molecule has 0 aliphatic heterocycles. The second kappa shape index (κ2) is 8.82. The summed E-state index contributed by atoms with van der Waals surface area (Å²) >= 11 is 0. The molecule has 5 nitrogen and oxygen atoms in total. The van der Waals surface area contributed by atoms with Crippen molar-refractivity contribution >= 4 is 17.7 Å². The molecule has 2 rings (SSSR count). The molecule has 132 valence electrons. The van der Waals surface area contributed by atoms with Gasteiger partial charge in [0.05, 0.1) is 13.0 Å². The van der Waals surface area contributed by atoms with Crippen LogP contribution in [-0.4, -0.2) is 25.7 Å². The van der Waals surface area contributed by atoms with E-state index >= 15 is 0 Å². The van der Waals surface area contributed by atoms with Crippen LogP contribution >= 0.6 is 0 Å². The van der Waals surface area contributed by atoms with Crippen molar-refractivity contribution in [3.63, 3.8) is 0 Å². The highest BCUT2D eigenvalue weighted by Crippen LogP contribution is 2.12. The van der Waals surface area contributed by atoms with Crippen molar-refractivity contribution in [2.75, 3.05) is 19.0 Å². The molecule has 0 aliphatic rings. The zero-order valence-electron chi connectivity index (χ0n) is 14.2. The van der Waals surface area contributed by atoms with Gasteiger partial charge >= 0.3 is 12.0 Å². The van der Waals surface area contributed by atoms with Crippen molar-refractivity contribution in [2.45, 2.75) is 13.3 Å². The summed E-state index contributed by atoms with van der Waals surface area (Å²) in [5.41, 5.74) is 2.56. The highest BCUT2D eigenvalue weighted by molar-refractivity contribution is 5.89. The number of carbonyl (C=O) groups is 2. The minimum Gasteiger partial charge on any atom is -0.469 e. The smallest absolute Gasteiger partial charge is 0.319 e. The van der Waals surface area contributed by atoms with Crippen LogP contribution in [-0.2, 0) is 16.0 Å². The third-order valence-electron chi connectivity index (χ3n) is 3.71. The predicted octanol–water partition coefficient (Wildman–Crippen LogP) is 3.29. The van der Waals surface area contributed by atoms with Crippen LogP contribution in [0.25, 0.3) is 0 Å². The van der Waals surface area contributed by atoms with E-state index in [1.807, 2.05) is 31.2 Å². The first-order chi connectivity index (χ1) is 12.0. The molecule has 2 amide bonds. The van der Waals surface area contributed by atoms with Crippen LogP contribution in [0.3, 0.4) is 0 Å². The quantitative estimate of drug-likeness (QED) is 0.790. The number of carbonyl (C=O) groups excluding carboxylic acids is 2. The number of amides is 2. The van der Waals surface area contributed by atoms with Crippen LogP contribution in [0, 0.1) is 18.7 Å². The number of rotatable bonds is 6. The van der Waals surface area contributed by atoms with E-state index in [-0.39, 0.29) is 18.3 Å². The van der Waals surface area contributed by atoms with Gasteiger partial charge in [-0.05, 0) is 43.2 Å². The first-order valence-electron chi connectivity index (χ1n) is 7.91. The predicted molar refractivity (Wildman–Crippen MR) is 93.8 cm³/mol. The Labute approximate surface area is 146 Å². The Morgan fingerprint density at radius 1 is 1.16 bits per heavy atom. The van der Waals surface area contributed by atoms with Gasteiger partial charge in [-0.2, -0.15) is 0 Å². The third-order valence-corrected chi connectivity index (χ3v) is 3.71. The summed E-state index contributed by atoms with van der Waals surface area (Å²) in [7, 11) is 1.32. The summed E-state index contributed by atoms with van der Waals surface area (Å²) in [6.07, 6.45) is 0.463. The molecule has 0 aromatic heterocycles. The Bertz CT molecular complexity index is 732. The number of nitrogens with one attached hydrogen (secondary N) is 2. The lowest BCUT2D eigenvalue weighted by atomic mass is 9.98. The fourth-order valence-corrected chi connectivity index (χ4v) is 2.45. The Kier molecular flexibility index (Phi) is 6.51. The number of aryl methyl sites for hydroxylation is 1. The van der Waals surface area contributed by atoms with Crippen molar-refractivity contribution in [3.8, 4) is 0 Å². The lowest BCUT2D eigenvalue weighted by Gasteiger charge is -2.16. The van der Waals surface area contributed by atoms with Gasteiger partial charge in [-0.25, -0.2) is 9.18 Å². The molecular formula is C19H21FN2O3. The molecule has 0 spiro atoms. The van der Waals surface area contributed by atoms with E-state index in [9.17, 15) is 14.0 Å². The maximum atomic E-state index is 12.9. The van der Waals surface area contributed by atoms with Gasteiger partial charge < -0.3 is 15.4 Å². The van der Waals surface area contributed by atoms with E-state index in [4.69, 9.17) is 4.74 Å². The highest BCUT2D eigenvalue weighted by atomic mass is 19.1. The molecule has 0 saturated carbocycles. The van der Waals surface area contributed by atoms with Crippen molar-refractivity contribution in [3.05, 3.63) is 65.5 Å². The normalized spacial score (nSPS) is 11.5. The summed E-state index contributed by atoms with van der Waals surface area (Å²) in [5.74, 6) is -1.26. The topological polar surface area (TPSA) is 67.4 Å². The first kappa shape index (κ1) is 18.4. The molecule has 6 heteroatoms. The van der Waals surface area contributed by atoms with Gasteiger partial charge in [0.15, 0.2) is 0 Å². The average molecular weight is 344 g/mol. The molecule has 0 bridgehead atoms. The van der Waals surface area contributed by atoms with E-state index in [0.717, 1.165) is 11.1 Å². The van der Waals surface area contributed by atoms with Crippen LogP contribution < -0.4 is 10.6 Å². The molecule has 25 heavy (non-hydrogen) atoms. The van der Waals surface area contributed by atoms with Gasteiger partial charge in [-0.1, -0.05) is 29.8 Å². The summed E-state index contributed by atoms with van der Waals surface area (Å²) in [5, 5.41) is 5.24. The number of anilines is 1. The number of halogens is 1. The van der Waals surface area contributed by atoms with Gasteiger partial charge in [0.2, 0.25) is 0 Å². The maximum absolute atomic E-state index is 12.9. The number of ether oxygens (including phenoxy) is 1. The standard InChI is InChI=1S/C19H21FN2O3/c1-13-4-3-5-14(10-13)11-15(18(23)25-2)12-21-19(24)22-17-8-6-16(20)7-9-17/h3-10,15H,11-12H2,1-2H3,(H2,21,22,24).